The maximum absolute atomic E-state index is 12.6. The summed E-state index contributed by atoms with van der Waals surface area (Å²) in [5.74, 6) is -0.122. The molecule has 2 N–H and O–H groups in total. The molecule has 1 aliphatic carbocycles. The number of halogens is 3. The molecule has 0 aromatic heterocycles. The molecule has 2 amide bonds. The highest BCUT2D eigenvalue weighted by Gasteiger charge is 2.31. The van der Waals surface area contributed by atoms with E-state index < -0.39 is 6.36 Å². The maximum atomic E-state index is 12.6. The Kier molecular flexibility index (Phi) is 7.00. The van der Waals surface area contributed by atoms with Gasteiger partial charge in [-0.1, -0.05) is 19.3 Å². The van der Waals surface area contributed by atoms with Gasteiger partial charge in [-0.3, -0.25) is 9.59 Å². The number of piperazine rings is 1. The molecule has 160 valence electrons. The van der Waals surface area contributed by atoms with Crippen molar-refractivity contribution in [1.82, 2.24) is 4.90 Å². The SMILES string of the molecule is O=C(C[NH+]1CCN(C(=O)C2CCCCC2)CC1)Nc1ccc(OC(F)(F)F)cc1. The molecule has 1 aromatic rings. The zero-order valence-corrected chi connectivity index (χ0v) is 16.3. The van der Waals surface area contributed by atoms with Crippen LogP contribution in [0.2, 0.25) is 0 Å². The highest BCUT2D eigenvalue weighted by molar-refractivity contribution is 5.91. The number of carbonyl (C=O) groups is 2. The quantitative estimate of drug-likeness (QED) is 0.773. The van der Waals surface area contributed by atoms with Crippen LogP contribution in [0.15, 0.2) is 24.3 Å². The van der Waals surface area contributed by atoms with Gasteiger partial charge in [0.2, 0.25) is 5.91 Å². The number of benzene rings is 1. The number of hydrogen-bond acceptors (Lipinski definition) is 3. The summed E-state index contributed by atoms with van der Waals surface area (Å²) < 4.78 is 40.3. The van der Waals surface area contributed by atoms with Crippen LogP contribution in [0.1, 0.15) is 32.1 Å². The minimum atomic E-state index is -4.74. The van der Waals surface area contributed by atoms with E-state index >= 15 is 0 Å². The topological polar surface area (TPSA) is 63.1 Å². The van der Waals surface area contributed by atoms with Crippen molar-refractivity contribution in [2.24, 2.45) is 5.92 Å². The van der Waals surface area contributed by atoms with E-state index in [2.05, 4.69) is 10.1 Å². The third-order valence-electron chi connectivity index (χ3n) is 5.52. The highest BCUT2D eigenvalue weighted by Crippen LogP contribution is 2.25. The molecular formula is C20H27F3N3O3+. The summed E-state index contributed by atoms with van der Waals surface area (Å²) >= 11 is 0. The van der Waals surface area contributed by atoms with Crippen molar-refractivity contribution >= 4 is 17.5 Å². The first-order valence-corrected chi connectivity index (χ1v) is 10.1. The zero-order valence-electron chi connectivity index (χ0n) is 16.3. The number of amides is 2. The number of carbonyl (C=O) groups excluding carboxylic acids is 2. The number of anilines is 1. The Hall–Kier alpha value is -2.29. The molecule has 0 unspecified atom stereocenters. The smallest absolute Gasteiger partial charge is 0.406 e. The number of alkyl halides is 3. The van der Waals surface area contributed by atoms with Crippen molar-refractivity contribution in [3.05, 3.63) is 24.3 Å². The van der Waals surface area contributed by atoms with E-state index in [1.54, 1.807) is 0 Å². The normalized spacial score (nSPS) is 19.1. The number of hydrogen-bond donors (Lipinski definition) is 2. The molecule has 1 heterocycles. The van der Waals surface area contributed by atoms with Gasteiger partial charge in [0.25, 0.3) is 5.91 Å². The van der Waals surface area contributed by atoms with Crippen molar-refractivity contribution < 1.29 is 32.4 Å². The Morgan fingerprint density at radius 3 is 2.28 bits per heavy atom. The fourth-order valence-electron chi connectivity index (χ4n) is 4.00. The summed E-state index contributed by atoms with van der Waals surface area (Å²) in [4.78, 5) is 27.8. The van der Waals surface area contributed by atoms with Crippen molar-refractivity contribution in [3.8, 4) is 5.75 Å². The predicted octanol–water partition coefficient (Wildman–Crippen LogP) is 1.83. The largest absolute Gasteiger partial charge is 0.573 e. The molecule has 0 spiro atoms. The van der Waals surface area contributed by atoms with Crippen LogP contribution < -0.4 is 15.0 Å². The Labute approximate surface area is 168 Å². The fraction of sp³-hybridized carbons (Fsp3) is 0.600. The van der Waals surface area contributed by atoms with Gasteiger partial charge in [0, 0.05) is 11.6 Å². The summed E-state index contributed by atoms with van der Waals surface area (Å²) in [6.45, 7) is 2.99. The molecule has 29 heavy (non-hydrogen) atoms. The van der Waals surface area contributed by atoms with E-state index in [-0.39, 0.29) is 30.0 Å². The summed E-state index contributed by atoms with van der Waals surface area (Å²) in [7, 11) is 0. The van der Waals surface area contributed by atoms with Crippen LogP contribution in [0.4, 0.5) is 18.9 Å². The van der Waals surface area contributed by atoms with Crippen LogP contribution in [0, 0.1) is 5.92 Å². The molecule has 0 radical (unpaired) electrons. The van der Waals surface area contributed by atoms with E-state index in [1.165, 1.54) is 18.6 Å². The minimum Gasteiger partial charge on any atom is -0.406 e. The molecule has 1 saturated heterocycles. The molecule has 0 bridgehead atoms. The van der Waals surface area contributed by atoms with Crippen LogP contribution >= 0.6 is 0 Å². The van der Waals surface area contributed by atoms with E-state index in [4.69, 9.17) is 0 Å². The van der Waals surface area contributed by atoms with Crippen LogP contribution in [0.5, 0.6) is 5.75 Å². The van der Waals surface area contributed by atoms with Crippen molar-refractivity contribution in [2.45, 2.75) is 38.5 Å². The molecule has 1 saturated carbocycles. The average Bonchev–Trinajstić information content (AvgIpc) is 2.69. The van der Waals surface area contributed by atoms with Gasteiger partial charge in [0.1, 0.15) is 5.75 Å². The fourth-order valence-corrected chi connectivity index (χ4v) is 4.00. The molecule has 0 atom stereocenters. The number of nitrogens with zero attached hydrogens (tertiary/aromatic N) is 1. The van der Waals surface area contributed by atoms with Crippen LogP contribution in [0.3, 0.4) is 0 Å². The lowest BCUT2D eigenvalue weighted by Crippen LogP contribution is -3.15. The average molecular weight is 414 g/mol. The number of nitrogens with one attached hydrogen (secondary N) is 2. The molecule has 2 fully saturated rings. The van der Waals surface area contributed by atoms with E-state index in [1.807, 2.05) is 4.90 Å². The Balaban J connectivity index is 1.41. The first-order valence-electron chi connectivity index (χ1n) is 10.1. The van der Waals surface area contributed by atoms with Gasteiger partial charge >= 0.3 is 6.36 Å². The van der Waals surface area contributed by atoms with Gasteiger partial charge in [-0.05, 0) is 37.1 Å². The van der Waals surface area contributed by atoms with E-state index in [0.29, 0.717) is 31.9 Å². The second-order valence-electron chi connectivity index (χ2n) is 7.71. The summed E-state index contributed by atoms with van der Waals surface area (Å²) in [5.41, 5.74) is 0.412. The predicted molar refractivity (Wildman–Crippen MR) is 100 cm³/mol. The second kappa shape index (κ2) is 9.47. The lowest BCUT2D eigenvalue weighted by molar-refractivity contribution is -0.895. The van der Waals surface area contributed by atoms with Gasteiger partial charge in [-0.15, -0.1) is 13.2 Å². The number of quaternary nitrogens is 1. The molecule has 6 nitrogen and oxygen atoms in total. The Morgan fingerprint density at radius 2 is 1.69 bits per heavy atom. The van der Waals surface area contributed by atoms with Crippen LogP contribution in [0.25, 0.3) is 0 Å². The monoisotopic (exact) mass is 414 g/mol. The van der Waals surface area contributed by atoms with Gasteiger partial charge in [-0.25, -0.2) is 0 Å². The third kappa shape index (κ3) is 6.62. The second-order valence-corrected chi connectivity index (χ2v) is 7.71. The van der Waals surface area contributed by atoms with E-state index in [9.17, 15) is 22.8 Å². The molecule has 1 aromatic carbocycles. The van der Waals surface area contributed by atoms with Gasteiger partial charge < -0.3 is 19.9 Å². The van der Waals surface area contributed by atoms with Gasteiger partial charge in [0.15, 0.2) is 6.54 Å². The lowest BCUT2D eigenvalue weighted by Gasteiger charge is -2.34. The molecule has 1 aliphatic heterocycles. The van der Waals surface area contributed by atoms with E-state index in [0.717, 1.165) is 42.7 Å². The van der Waals surface area contributed by atoms with Crippen molar-refractivity contribution in [2.75, 3.05) is 38.0 Å². The molecular weight excluding hydrogens is 387 g/mol. The standard InChI is InChI=1S/C20H26F3N3O3/c21-20(22,23)29-17-8-6-16(7-9-17)24-18(27)14-25-10-12-26(13-11-25)19(28)15-4-2-1-3-5-15/h6-9,15H,1-5,10-14H2,(H,24,27)/p+1. The number of rotatable bonds is 5. The molecule has 3 rings (SSSR count). The lowest BCUT2D eigenvalue weighted by atomic mass is 9.88. The zero-order chi connectivity index (χ0) is 20.9. The first kappa shape index (κ1) is 21.4. The highest BCUT2D eigenvalue weighted by atomic mass is 19.4. The van der Waals surface area contributed by atoms with Crippen LogP contribution in [-0.4, -0.2) is 55.8 Å². The van der Waals surface area contributed by atoms with Crippen molar-refractivity contribution in [3.63, 3.8) is 0 Å². The van der Waals surface area contributed by atoms with Gasteiger partial charge in [-0.2, -0.15) is 0 Å². The van der Waals surface area contributed by atoms with Crippen molar-refractivity contribution in [1.29, 1.82) is 0 Å². The van der Waals surface area contributed by atoms with Gasteiger partial charge in [0.05, 0.1) is 26.2 Å². The molecule has 2 aliphatic rings. The Bertz CT molecular complexity index is 695. The number of ether oxygens (including phenoxy) is 1. The molecule has 9 heteroatoms. The van der Waals surface area contributed by atoms with Crippen LogP contribution in [-0.2, 0) is 9.59 Å². The Morgan fingerprint density at radius 1 is 1.07 bits per heavy atom. The summed E-state index contributed by atoms with van der Waals surface area (Å²) in [6, 6.07) is 5.06. The summed E-state index contributed by atoms with van der Waals surface area (Å²) in [6.07, 6.45) is 0.710. The maximum Gasteiger partial charge on any atom is 0.573 e. The third-order valence-corrected chi connectivity index (χ3v) is 5.52. The summed E-state index contributed by atoms with van der Waals surface area (Å²) in [5, 5.41) is 2.69. The minimum absolute atomic E-state index is 0.165. The first-order chi connectivity index (χ1) is 13.8.